The van der Waals surface area contributed by atoms with E-state index < -0.39 is 12.0 Å². The highest BCUT2D eigenvalue weighted by atomic mass is 16.5. The number of carbonyl (C=O) groups excluding carboxylic acids is 3. The summed E-state index contributed by atoms with van der Waals surface area (Å²) in [6, 6.07) is 8.08. The van der Waals surface area contributed by atoms with Gasteiger partial charge in [0, 0.05) is 30.5 Å². The molecular formula is C22H28N2O5. The number of Topliss-reactive ketones (excluding diaryl/α,β-unsaturated/α-hetero) is 1. The van der Waals surface area contributed by atoms with E-state index in [-0.39, 0.29) is 30.5 Å². The Bertz CT molecular complexity index is 873. The standard InChI is InChI=1S/C22H28N2O5/c1-6-29-22(27)19-14(2)18(15(3)23-19)20(25)16(4)24(12-13-28-5)21(26)17-10-8-7-9-11-17/h7-11,16,23H,6,12-13H2,1-5H3. The predicted molar refractivity (Wildman–Crippen MR) is 109 cm³/mol. The van der Waals surface area contributed by atoms with Crippen LogP contribution >= 0.6 is 0 Å². The van der Waals surface area contributed by atoms with Crippen LogP contribution in [0, 0.1) is 13.8 Å². The van der Waals surface area contributed by atoms with Crippen LogP contribution in [-0.2, 0) is 9.47 Å². The second-order valence-corrected chi connectivity index (χ2v) is 6.74. The van der Waals surface area contributed by atoms with Crippen LogP contribution in [0.25, 0.3) is 0 Å². The number of rotatable bonds is 9. The van der Waals surface area contributed by atoms with Gasteiger partial charge in [0.15, 0.2) is 5.78 Å². The molecule has 2 aromatic rings. The molecule has 0 aliphatic heterocycles. The number of esters is 1. The maximum absolute atomic E-state index is 13.3. The van der Waals surface area contributed by atoms with Crippen molar-refractivity contribution in [3.05, 3.63) is 58.4 Å². The molecule has 7 nitrogen and oxygen atoms in total. The Balaban J connectivity index is 2.36. The van der Waals surface area contributed by atoms with Gasteiger partial charge in [-0.05, 0) is 45.4 Å². The lowest BCUT2D eigenvalue weighted by Gasteiger charge is -2.28. The van der Waals surface area contributed by atoms with Gasteiger partial charge in [-0.3, -0.25) is 9.59 Å². The molecule has 2 rings (SSSR count). The summed E-state index contributed by atoms with van der Waals surface area (Å²) in [4.78, 5) is 42.9. The Kier molecular flexibility index (Phi) is 7.73. The third-order valence-corrected chi connectivity index (χ3v) is 4.83. The van der Waals surface area contributed by atoms with Crippen LogP contribution in [0.1, 0.15) is 56.3 Å². The van der Waals surface area contributed by atoms with Gasteiger partial charge < -0.3 is 19.4 Å². The van der Waals surface area contributed by atoms with E-state index in [1.165, 1.54) is 4.90 Å². The maximum atomic E-state index is 13.3. The number of nitrogens with one attached hydrogen (secondary N) is 1. The summed E-state index contributed by atoms with van der Waals surface area (Å²) < 4.78 is 10.2. The van der Waals surface area contributed by atoms with Crippen LogP contribution in [0.5, 0.6) is 0 Å². The summed E-state index contributed by atoms with van der Waals surface area (Å²) >= 11 is 0. The number of ketones is 1. The van der Waals surface area contributed by atoms with Crippen LogP contribution in [0.15, 0.2) is 30.3 Å². The van der Waals surface area contributed by atoms with Gasteiger partial charge in [0.1, 0.15) is 5.69 Å². The van der Waals surface area contributed by atoms with Crippen molar-refractivity contribution in [2.45, 2.75) is 33.7 Å². The van der Waals surface area contributed by atoms with E-state index in [1.54, 1.807) is 59.1 Å². The lowest BCUT2D eigenvalue weighted by molar-refractivity contribution is 0.0518. The molecule has 0 fully saturated rings. The molecule has 1 atom stereocenters. The number of hydrogen-bond donors (Lipinski definition) is 1. The van der Waals surface area contributed by atoms with Gasteiger partial charge in [-0.2, -0.15) is 0 Å². The first-order chi connectivity index (χ1) is 13.8. The number of aromatic amines is 1. The molecule has 1 aromatic heterocycles. The summed E-state index contributed by atoms with van der Waals surface area (Å²) in [6.07, 6.45) is 0. The third kappa shape index (κ3) is 4.92. The zero-order valence-electron chi connectivity index (χ0n) is 17.6. The Morgan fingerprint density at radius 2 is 1.79 bits per heavy atom. The Hall–Kier alpha value is -2.93. The van der Waals surface area contributed by atoms with Crippen LogP contribution in [0.2, 0.25) is 0 Å². The number of carbonyl (C=O) groups is 3. The number of nitrogens with zero attached hydrogens (tertiary/aromatic N) is 1. The van der Waals surface area contributed by atoms with E-state index in [0.29, 0.717) is 29.0 Å². The van der Waals surface area contributed by atoms with Crippen LogP contribution in [-0.4, -0.2) is 60.5 Å². The molecule has 0 bridgehead atoms. The molecule has 29 heavy (non-hydrogen) atoms. The summed E-state index contributed by atoms with van der Waals surface area (Å²) in [5.74, 6) is -0.997. The number of hydrogen-bond acceptors (Lipinski definition) is 5. The van der Waals surface area contributed by atoms with E-state index in [0.717, 1.165) is 0 Å². The number of methoxy groups -OCH3 is 1. The average Bonchev–Trinajstić information content (AvgIpc) is 3.02. The van der Waals surface area contributed by atoms with Gasteiger partial charge >= 0.3 is 5.97 Å². The van der Waals surface area contributed by atoms with E-state index in [9.17, 15) is 14.4 Å². The smallest absolute Gasteiger partial charge is 0.355 e. The fraction of sp³-hybridized carbons (Fsp3) is 0.409. The maximum Gasteiger partial charge on any atom is 0.355 e. The first kappa shape index (κ1) is 22.4. The van der Waals surface area contributed by atoms with Gasteiger partial charge in [0.05, 0.1) is 19.3 Å². The Morgan fingerprint density at radius 1 is 1.14 bits per heavy atom. The van der Waals surface area contributed by atoms with Gasteiger partial charge in [-0.25, -0.2) is 4.79 Å². The molecule has 0 spiro atoms. The number of amides is 1. The van der Waals surface area contributed by atoms with Crippen molar-refractivity contribution >= 4 is 17.7 Å². The van der Waals surface area contributed by atoms with Gasteiger partial charge in [0.2, 0.25) is 0 Å². The highest BCUT2D eigenvalue weighted by Crippen LogP contribution is 2.23. The zero-order valence-corrected chi connectivity index (χ0v) is 17.6. The molecule has 1 amide bonds. The highest BCUT2D eigenvalue weighted by Gasteiger charge is 2.31. The molecule has 1 heterocycles. The molecule has 0 radical (unpaired) electrons. The van der Waals surface area contributed by atoms with E-state index in [2.05, 4.69) is 4.98 Å². The third-order valence-electron chi connectivity index (χ3n) is 4.83. The lowest BCUT2D eigenvalue weighted by Crippen LogP contribution is -2.45. The minimum atomic E-state index is -0.735. The minimum Gasteiger partial charge on any atom is -0.461 e. The molecule has 0 aliphatic rings. The molecule has 7 heteroatoms. The van der Waals surface area contributed by atoms with Crippen molar-refractivity contribution in [1.82, 2.24) is 9.88 Å². The molecular weight excluding hydrogens is 372 g/mol. The molecule has 0 aliphatic carbocycles. The fourth-order valence-electron chi connectivity index (χ4n) is 3.28. The second kappa shape index (κ2) is 10.0. The Labute approximate surface area is 171 Å². The predicted octanol–water partition coefficient (Wildman–Crippen LogP) is 3.17. The first-order valence-electron chi connectivity index (χ1n) is 9.58. The second-order valence-electron chi connectivity index (χ2n) is 6.74. The van der Waals surface area contributed by atoms with Crippen molar-refractivity contribution in [2.75, 3.05) is 26.9 Å². The molecule has 0 saturated carbocycles. The first-order valence-corrected chi connectivity index (χ1v) is 9.58. The molecule has 1 N–H and O–H groups in total. The number of benzene rings is 1. The van der Waals surface area contributed by atoms with Crippen molar-refractivity contribution in [3.63, 3.8) is 0 Å². The van der Waals surface area contributed by atoms with Gasteiger partial charge in [0.25, 0.3) is 5.91 Å². The van der Waals surface area contributed by atoms with E-state index >= 15 is 0 Å². The number of H-pyrrole nitrogens is 1. The van der Waals surface area contributed by atoms with Crippen molar-refractivity contribution in [3.8, 4) is 0 Å². The molecule has 0 saturated heterocycles. The van der Waals surface area contributed by atoms with E-state index in [4.69, 9.17) is 9.47 Å². The van der Waals surface area contributed by atoms with Gasteiger partial charge in [-0.1, -0.05) is 18.2 Å². The fourth-order valence-corrected chi connectivity index (χ4v) is 3.28. The summed E-state index contributed by atoms with van der Waals surface area (Å²) in [5, 5.41) is 0. The van der Waals surface area contributed by atoms with Crippen molar-refractivity contribution < 1.29 is 23.9 Å². The number of aromatic nitrogens is 1. The SMILES string of the molecule is CCOC(=O)c1[nH]c(C)c(C(=O)C(C)N(CCOC)C(=O)c2ccccc2)c1C. The lowest BCUT2D eigenvalue weighted by atomic mass is 9.99. The average molecular weight is 400 g/mol. The van der Waals surface area contributed by atoms with Crippen molar-refractivity contribution in [2.24, 2.45) is 0 Å². The quantitative estimate of drug-likeness (QED) is 0.516. The summed E-state index contributed by atoms with van der Waals surface area (Å²) in [7, 11) is 1.55. The normalized spacial score (nSPS) is 11.8. The number of ether oxygens (including phenoxy) is 2. The van der Waals surface area contributed by atoms with Gasteiger partial charge in [-0.15, -0.1) is 0 Å². The summed E-state index contributed by atoms with van der Waals surface area (Å²) in [6.45, 7) is 7.66. The Morgan fingerprint density at radius 3 is 2.38 bits per heavy atom. The molecule has 156 valence electrons. The largest absolute Gasteiger partial charge is 0.461 e. The molecule has 1 unspecified atom stereocenters. The summed E-state index contributed by atoms with van der Waals surface area (Å²) in [5.41, 5.74) is 2.26. The molecule has 1 aromatic carbocycles. The van der Waals surface area contributed by atoms with Crippen LogP contribution in [0.4, 0.5) is 0 Å². The van der Waals surface area contributed by atoms with E-state index in [1.807, 2.05) is 6.07 Å². The monoisotopic (exact) mass is 400 g/mol. The topological polar surface area (TPSA) is 88.7 Å². The van der Waals surface area contributed by atoms with Crippen LogP contribution in [0.3, 0.4) is 0 Å². The highest BCUT2D eigenvalue weighted by molar-refractivity contribution is 6.07. The van der Waals surface area contributed by atoms with Crippen molar-refractivity contribution in [1.29, 1.82) is 0 Å². The van der Waals surface area contributed by atoms with Crippen LogP contribution < -0.4 is 0 Å². The minimum absolute atomic E-state index is 0.242. The number of aryl methyl sites for hydroxylation is 1. The zero-order chi connectivity index (χ0) is 21.6.